The second-order valence-electron chi connectivity index (χ2n) is 20.5. The molecule has 24 heteroatoms. The van der Waals surface area contributed by atoms with Crippen molar-refractivity contribution in [2.75, 3.05) is 39.6 Å². The van der Waals surface area contributed by atoms with Gasteiger partial charge in [0.2, 0.25) is 0 Å². The van der Waals surface area contributed by atoms with Crippen LogP contribution in [0.15, 0.2) is 0 Å². The number of phosphoric ester groups is 3. The molecule has 3 aliphatic heterocycles. The van der Waals surface area contributed by atoms with Gasteiger partial charge in [-0.2, -0.15) is 0 Å². The molecule has 0 radical (unpaired) electrons. The van der Waals surface area contributed by atoms with Gasteiger partial charge in [0.1, 0.15) is 36.6 Å². The molecule has 0 aromatic carbocycles. The molecule has 3 unspecified atom stereocenters. The van der Waals surface area contributed by atoms with Crippen LogP contribution >= 0.6 is 23.5 Å². The molecule has 0 amide bonds. The first-order chi connectivity index (χ1) is 33.8. The summed E-state index contributed by atoms with van der Waals surface area (Å²) in [6, 6.07) is 0. The van der Waals surface area contributed by atoms with Crippen LogP contribution in [0.4, 0.5) is 0 Å². The van der Waals surface area contributed by atoms with Gasteiger partial charge in [-0.1, -0.05) is 106 Å². The number of ether oxygens (including phenoxy) is 3. The van der Waals surface area contributed by atoms with Gasteiger partial charge in [-0.3, -0.25) is 13.7 Å². The molecule has 0 saturated carbocycles. The number of rotatable bonds is 36. The molecular weight excluding hydrogens is 1010 g/mol. The molecule has 21 nitrogen and oxygen atoms in total. The second-order valence-corrected chi connectivity index (χ2v) is 24.6. The predicted molar refractivity (Wildman–Crippen MR) is 265 cm³/mol. The predicted octanol–water partition coefficient (Wildman–Crippen LogP) is 5.98. The Morgan fingerprint density at radius 2 is 0.625 bits per heavy atom. The highest BCUT2D eigenvalue weighted by Crippen LogP contribution is 2.47. The van der Waals surface area contributed by atoms with Crippen molar-refractivity contribution in [3.05, 3.63) is 0 Å². The molecule has 0 spiro atoms. The minimum atomic E-state index is -4.52. The van der Waals surface area contributed by atoms with Crippen LogP contribution in [-0.4, -0.2) is 144 Å². The molecule has 0 bridgehead atoms. The van der Waals surface area contributed by atoms with Gasteiger partial charge in [-0.25, -0.2) is 0 Å². The molecule has 15 atom stereocenters. The second kappa shape index (κ2) is 37.7. The van der Waals surface area contributed by atoms with Gasteiger partial charge >= 0.3 is 0 Å². The van der Waals surface area contributed by atoms with E-state index in [0.29, 0.717) is 50.4 Å². The summed E-state index contributed by atoms with van der Waals surface area (Å²) in [7, 11) is -13.5. The van der Waals surface area contributed by atoms with Gasteiger partial charge in [-0.15, -0.1) is 0 Å². The van der Waals surface area contributed by atoms with Crippen molar-refractivity contribution in [1.82, 2.24) is 0 Å². The number of aliphatic hydroxyl groups is 6. The van der Waals surface area contributed by atoms with Gasteiger partial charge in [0.25, 0.3) is 23.5 Å². The van der Waals surface area contributed by atoms with Crippen LogP contribution in [0.1, 0.15) is 178 Å². The number of unbranched alkanes of at least 4 members (excludes halogenated alkanes) is 12. The monoisotopic (exact) mass is 1100 g/mol. The highest BCUT2D eigenvalue weighted by molar-refractivity contribution is 7.46. The first kappa shape index (κ1) is 70.0. The number of hydrogen-bond donors (Lipinski definition) is 6. The van der Waals surface area contributed by atoms with Crippen molar-refractivity contribution >= 4 is 23.5 Å². The largest absolute Gasteiger partial charge is 0.756 e. The van der Waals surface area contributed by atoms with Crippen LogP contribution in [0.2, 0.25) is 0 Å². The molecular formula is C48H96O21P3-3. The molecule has 3 rings (SSSR count). The van der Waals surface area contributed by atoms with Crippen molar-refractivity contribution in [2.45, 2.75) is 251 Å². The van der Waals surface area contributed by atoms with Crippen LogP contribution in [0, 0.1) is 17.8 Å². The third kappa shape index (κ3) is 30.2. The van der Waals surface area contributed by atoms with Crippen LogP contribution in [-0.2, 0) is 55.0 Å². The van der Waals surface area contributed by atoms with Crippen molar-refractivity contribution in [2.24, 2.45) is 17.8 Å². The fourth-order valence-corrected chi connectivity index (χ4v) is 11.4. The molecule has 0 aromatic rings. The van der Waals surface area contributed by atoms with E-state index < -0.39 is 96.7 Å². The maximum Gasteiger partial charge on any atom is 0.268 e. The summed E-state index contributed by atoms with van der Waals surface area (Å²) in [5.41, 5.74) is 0. The third-order valence-corrected chi connectivity index (χ3v) is 15.2. The maximum atomic E-state index is 12.2. The molecule has 3 aliphatic rings. The van der Waals surface area contributed by atoms with Crippen molar-refractivity contribution in [3.8, 4) is 0 Å². The first-order valence-corrected chi connectivity index (χ1v) is 30.9. The summed E-state index contributed by atoms with van der Waals surface area (Å²) >= 11 is 0. The fourth-order valence-electron chi connectivity index (χ4n) is 8.44. The van der Waals surface area contributed by atoms with Crippen LogP contribution in [0.25, 0.3) is 0 Å². The van der Waals surface area contributed by atoms with E-state index in [2.05, 4.69) is 4.52 Å². The van der Waals surface area contributed by atoms with E-state index in [0.717, 1.165) is 44.9 Å². The number of phosphoric acid groups is 3. The summed E-state index contributed by atoms with van der Waals surface area (Å²) in [5.74, 6) is 0.878. The standard InChI is InChI=1S/C21H43O7P.C15H31O7P.C12H25O7P/c1-17(2)16-19-21(20(23)18(3)27-19)28-29(24,25)26-15-13-11-9-7-5-4-6-8-10-12-14-22;1-11(2)10-13-15(14(17)12(3)21-13)22-23(18,19)20-9-7-5-4-6-8-16;1-8(2)7-10-12(11(14)9(3)18-10)19-20(15,16)17-6-4-5-13/h17-23H,4-16H2,1-3H3,(H,24,25);11-17H,4-10H2,1-3H3,(H,18,19);8-14H,4-7H2,1-3H3,(H,15,16)/p-3/t18-,19+,20-,21+;12-,13+,14-,15+;9-,10+,11-,12+/m000/s1. The quantitative estimate of drug-likeness (QED) is 0.0310. The molecule has 0 aliphatic carbocycles. The van der Waals surface area contributed by atoms with Crippen molar-refractivity contribution in [3.63, 3.8) is 0 Å². The lowest BCUT2D eigenvalue weighted by Gasteiger charge is -2.30. The highest BCUT2D eigenvalue weighted by atomic mass is 31.2. The molecule has 432 valence electrons. The van der Waals surface area contributed by atoms with E-state index in [-0.39, 0.29) is 52.0 Å². The summed E-state index contributed by atoms with van der Waals surface area (Å²) in [5, 5.41) is 56.2. The topological polar surface area (TPSA) is 325 Å². The average Bonchev–Trinajstić information content (AvgIpc) is 3.80. The lowest BCUT2D eigenvalue weighted by Crippen LogP contribution is -2.36. The Kier molecular flexibility index (Phi) is 36.7. The van der Waals surface area contributed by atoms with Crippen LogP contribution in [0.5, 0.6) is 0 Å². The summed E-state index contributed by atoms with van der Waals surface area (Å²) in [6.45, 7) is 17.3. The van der Waals surface area contributed by atoms with Gasteiger partial charge in [-0.05, 0) is 89.9 Å². The SMILES string of the molecule is CC(C)C[C@H]1O[C@@H](C)[C@H](O)[C@@H]1OP(=O)([O-])OCCCCCCCCCCCCO.CC(C)C[C@H]1O[C@@H](C)[C@H](O)[C@@H]1OP(=O)([O-])OCCCCCCO.CC(C)C[C@H]1O[C@@H](C)[C@H](O)[C@@H]1OP(=O)([O-])OCCCO. The summed E-state index contributed by atoms with van der Waals surface area (Å²) < 4.78 is 82.3. The maximum absolute atomic E-state index is 12.2. The van der Waals surface area contributed by atoms with E-state index >= 15 is 0 Å². The lowest BCUT2D eigenvalue weighted by molar-refractivity contribution is -0.234. The zero-order valence-electron chi connectivity index (χ0n) is 44.8. The van der Waals surface area contributed by atoms with Gasteiger partial charge in [0, 0.05) is 19.8 Å². The van der Waals surface area contributed by atoms with E-state index in [1.165, 1.54) is 25.7 Å². The number of hydrogen-bond acceptors (Lipinski definition) is 21. The van der Waals surface area contributed by atoms with Crippen LogP contribution < -0.4 is 14.7 Å². The minimum Gasteiger partial charge on any atom is -0.756 e. The van der Waals surface area contributed by atoms with E-state index in [4.69, 9.17) is 52.1 Å². The number of aliphatic hydroxyl groups excluding tert-OH is 6. The Morgan fingerprint density at radius 1 is 0.403 bits per heavy atom. The summed E-state index contributed by atoms with van der Waals surface area (Å²) in [6.07, 6.45) is 6.92. The Balaban J connectivity index is 0.000000550. The Hall–Kier alpha value is -0.0300. The van der Waals surface area contributed by atoms with Gasteiger partial charge in [0.05, 0.1) is 56.4 Å². The van der Waals surface area contributed by atoms with E-state index in [1.54, 1.807) is 20.8 Å². The zero-order valence-corrected chi connectivity index (χ0v) is 47.5. The van der Waals surface area contributed by atoms with Crippen molar-refractivity contribution < 1.29 is 100 Å². The average molecular weight is 1100 g/mol. The zero-order chi connectivity index (χ0) is 54.5. The van der Waals surface area contributed by atoms with Crippen molar-refractivity contribution in [1.29, 1.82) is 0 Å². The molecule has 6 N–H and O–H groups in total. The molecule has 72 heavy (non-hydrogen) atoms. The molecule has 3 heterocycles. The lowest BCUT2D eigenvalue weighted by atomic mass is 10.00. The normalized spacial score (nSPS) is 30.0. The smallest absolute Gasteiger partial charge is 0.268 e. The van der Waals surface area contributed by atoms with Gasteiger partial charge in [0.15, 0.2) is 0 Å². The van der Waals surface area contributed by atoms with Gasteiger partial charge < -0.3 is 86.7 Å². The summed E-state index contributed by atoms with van der Waals surface area (Å²) in [4.78, 5) is 35.8. The van der Waals surface area contributed by atoms with E-state index in [1.807, 2.05) is 41.5 Å². The molecule has 3 saturated heterocycles. The first-order valence-electron chi connectivity index (χ1n) is 26.5. The molecule has 3 fully saturated rings. The Morgan fingerprint density at radius 3 is 0.861 bits per heavy atom. The van der Waals surface area contributed by atoms with E-state index in [9.17, 15) is 43.7 Å². The molecule has 0 aromatic heterocycles. The van der Waals surface area contributed by atoms with Crippen LogP contribution in [0.3, 0.4) is 0 Å². The minimum absolute atomic E-state index is 0.0419. The highest BCUT2D eigenvalue weighted by Gasteiger charge is 2.46. The Labute approximate surface area is 431 Å². The Bertz CT molecular complexity index is 1510. The fraction of sp³-hybridized carbons (Fsp3) is 1.00. The third-order valence-electron chi connectivity index (χ3n) is 12.2.